The van der Waals surface area contributed by atoms with Crippen LogP contribution in [0.3, 0.4) is 0 Å². The average molecular weight is 153 g/mol. The van der Waals surface area contributed by atoms with Crippen molar-refractivity contribution in [2.24, 2.45) is 0 Å². The Balaban J connectivity index is 1.93. The van der Waals surface area contributed by atoms with Crippen LogP contribution >= 0.6 is 0 Å². The molecular weight excluding hydrogens is 138 g/mol. The lowest BCUT2D eigenvalue weighted by Gasteiger charge is -2.25. The first-order valence-corrected chi connectivity index (χ1v) is 4.45. The molecule has 2 aliphatic rings. The maximum atomic E-state index is 9.58. The third kappa shape index (κ3) is 1.33. The smallest absolute Gasteiger partial charge is 0.0695 e. The minimum Gasteiger partial charge on any atom is -0.391 e. The van der Waals surface area contributed by atoms with Crippen molar-refractivity contribution in [3.8, 4) is 0 Å². The van der Waals surface area contributed by atoms with Gasteiger partial charge in [-0.3, -0.25) is 4.90 Å². The van der Waals surface area contributed by atoms with Gasteiger partial charge >= 0.3 is 0 Å². The van der Waals surface area contributed by atoms with Gasteiger partial charge in [-0.05, 0) is 19.3 Å². The highest BCUT2D eigenvalue weighted by atomic mass is 16.3. The molecule has 0 saturated heterocycles. The van der Waals surface area contributed by atoms with E-state index >= 15 is 0 Å². The standard InChI is InChI=1S/C9H15NO/c11-9-5-3-4-8(9)10-6-1-2-7-10/h1-2,8-9,11H,3-7H2. The lowest BCUT2D eigenvalue weighted by molar-refractivity contribution is 0.0884. The SMILES string of the molecule is OC1CCCC1N1CC=CC1. The molecule has 0 spiro atoms. The predicted octanol–water partition coefficient (Wildman–Crippen LogP) is 0.772. The molecule has 1 saturated carbocycles. The van der Waals surface area contributed by atoms with E-state index in [1.54, 1.807) is 0 Å². The normalized spacial score (nSPS) is 38.6. The molecule has 1 N–H and O–H groups in total. The molecule has 2 unspecified atom stereocenters. The topological polar surface area (TPSA) is 23.5 Å². The van der Waals surface area contributed by atoms with Gasteiger partial charge < -0.3 is 5.11 Å². The second-order valence-corrected chi connectivity index (χ2v) is 3.49. The van der Waals surface area contributed by atoms with Crippen LogP contribution in [0, 0.1) is 0 Å². The van der Waals surface area contributed by atoms with Crippen LogP contribution in [0.4, 0.5) is 0 Å². The van der Waals surface area contributed by atoms with Crippen molar-refractivity contribution in [2.75, 3.05) is 13.1 Å². The van der Waals surface area contributed by atoms with Crippen LogP contribution in [-0.4, -0.2) is 35.2 Å². The summed E-state index contributed by atoms with van der Waals surface area (Å²) in [5.74, 6) is 0. The molecule has 2 heteroatoms. The number of aliphatic hydroxyl groups is 1. The zero-order valence-electron chi connectivity index (χ0n) is 6.74. The molecule has 1 aliphatic carbocycles. The minimum absolute atomic E-state index is 0.0603. The summed E-state index contributed by atoms with van der Waals surface area (Å²) in [7, 11) is 0. The van der Waals surface area contributed by atoms with E-state index in [9.17, 15) is 5.11 Å². The lowest BCUT2D eigenvalue weighted by atomic mass is 10.2. The fourth-order valence-electron chi connectivity index (χ4n) is 2.11. The largest absolute Gasteiger partial charge is 0.391 e. The number of nitrogens with zero attached hydrogens (tertiary/aromatic N) is 1. The van der Waals surface area contributed by atoms with Crippen LogP contribution in [0.25, 0.3) is 0 Å². The highest BCUT2D eigenvalue weighted by molar-refractivity contribution is 5.00. The lowest BCUT2D eigenvalue weighted by Crippen LogP contribution is -2.38. The van der Waals surface area contributed by atoms with Crippen LogP contribution in [0.2, 0.25) is 0 Å². The highest BCUT2D eigenvalue weighted by Crippen LogP contribution is 2.25. The van der Waals surface area contributed by atoms with Crippen molar-refractivity contribution in [1.29, 1.82) is 0 Å². The molecule has 0 aromatic rings. The van der Waals surface area contributed by atoms with Crippen molar-refractivity contribution in [3.63, 3.8) is 0 Å². The summed E-state index contributed by atoms with van der Waals surface area (Å²) in [6, 6.07) is 0.449. The molecule has 0 bridgehead atoms. The van der Waals surface area contributed by atoms with E-state index < -0.39 is 0 Å². The quantitative estimate of drug-likeness (QED) is 0.562. The Morgan fingerprint density at radius 2 is 1.91 bits per heavy atom. The molecule has 0 radical (unpaired) electrons. The Hall–Kier alpha value is -0.340. The molecule has 1 heterocycles. The molecule has 11 heavy (non-hydrogen) atoms. The third-order valence-corrected chi connectivity index (χ3v) is 2.76. The summed E-state index contributed by atoms with van der Waals surface area (Å²) in [4.78, 5) is 2.36. The molecule has 1 fully saturated rings. The van der Waals surface area contributed by atoms with Crippen LogP contribution in [-0.2, 0) is 0 Å². The first kappa shape index (κ1) is 7.32. The molecular formula is C9H15NO. The van der Waals surface area contributed by atoms with Crippen LogP contribution in [0.1, 0.15) is 19.3 Å². The molecule has 2 nitrogen and oxygen atoms in total. The molecule has 0 aromatic heterocycles. The first-order valence-electron chi connectivity index (χ1n) is 4.45. The van der Waals surface area contributed by atoms with E-state index in [0.29, 0.717) is 6.04 Å². The Kier molecular flexibility index (Phi) is 1.96. The summed E-state index contributed by atoms with van der Waals surface area (Å²) in [5, 5.41) is 9.58. The molecule has 0 amide bonds. The molecule has 62 valence electrons. The third-order valence-electron chi connectivity index (χ3n) is 2.76. The van der Waals surface area contributed by atoms with Crippen molar-refractivity contribution in [3.05, 3.63) is 12.2 Å². The van der Waals surface area contributed by atoms with Gasteiger partial charge in [0.2, 0.25) is 0 Å². The summed E-state index contributed by atoms with van der Waals surface area (Å²) in [6.07, 6.45) is 7.69. The summed E-state index contributed by atoms with van der Waals surface area (Å²) >= 11 is 0. The monoisotopic (exact) mass is 153 g/mol. The van der Waals surface area contributed by atoms with Crippen LogP contribution in [0.5, 0.6) is 0 Å². The Labute approximate surface area is 67.5 Å². The Morgan fingerprint density at radius 3 is 2.45 bits per heavy atom. The number of aliphatic hydroxyl groups excluding tert-OH is 1. The number of rotatable bonds is 1. The fraction of sp³-hybridized carbons (Fsp3) is 0.778. The molecule has 1 aliphatic heterocycles. The second-order valence-electron chi connectivity index (χ2n) is 3.49. The Bertz CT molecular complexity index is 159. The van der Waals surface area contributed by atoms with Crippen LogP contribution in [0.15, 0.2) is 12.2 Å². The van der Waals surface area contributed by atoms with E-state index in [4.69, 9.17) is 0 Å². The molecule has 2 rings (SSSR count). The maximum Gasteiger partial charge on any atom is 0.0695 e. The van der Waals surface area contributed by atoms with E-state index in [-0.39, 0.29) is 6.10 Å². The highest BCUT2D eigenvalue weighted by Gasteiger charge is 2.30. The zero-order valence-corrected chi connectivity index (χ0v) is 6.74. The summed E-state index contributed by atoms with van der Waals surface area (Å²) in [5.41, 5.74) is 0. The van der Waals surface area contributed by atoms with E-state index in [2.05, 4.69) is 17.1 Å². The summed E-state index contributed by atoms with van der Waals surface area (Å²) < 4.78 is 0. The van der Waals surface area contributed by atoms with Crippen molar-refractivity contribution >= 4 is 0 Å². The second kappa shape index (κ2) is 2.95. The fourth-order valence-corrected chi connectivity index (χ4v) is 2.11. The van der Waals surface area contributed by atoms with Gasteiger partial charge in [0.05, 0.1) is 6.10 Å². The van der Waals surface area contributed by atoms with Gasteiger partial charge in [-0.15, -0.1) is 0 Å². The van der Waals surface area contributed by atoms with Gasteiger partial charge in [0.25, 0.3) is 0 Å². The Morgan fingerprint density at radius 1 is 1.18 bits per heavy atom. The number of hydrogen-bond donors (Lipinski definition) is 1. The van der Waals surface area contributed by atoms with Gasteiger partial charge in [-0.25, -0.2) is 0 Å². The van der Waals surface area contributed by atoms with Gasteiger partial charge in [0.15, 0.2) is 0 Å². The maximum absolute atomic E-state index is 9.58. The van der Waals surface area contributed by atoms with Crippen molar-refractivity contribution in [2.45, 2.75) is 31.4 Å². The molecule has 0 aromatic carbocycles. The van der Waals surface area contributed by atoms with Crippen molar-refractivity contribution in [1.82, 2.24) is 4.90 Å². The molecule has 2 atom stereocenters. The van der Waals surface area contributed by atoms with Gasteiger partial charge in [0.1, 0.15) is 0 Å². The van der Waals surface area contributed by atoms with E-state index in [1.807, 2.05) is 0 Å². The average Bonchev–Trinajstić information content (AvgIpc) is 2.55. The van der Waals surface area contributed by atoms with Crippen LogP contribution < -0.4 is 0 Å². The van der Waals surface area contributed by atoms with Gasteiger partial charge in [0, 0.05) is 19.1 Å². The van der Waals surface area contributed by atoms with Gasteiger partial charge in [-0.2, -0.15) is 0 Å². The zero-order chi connectivity index (χ0) is 7.68. The minimum atomic E-state index is -0.0603. The van der Waals surface area contributed by atoms with E-state index in [1.165, 1.54) is 12.8 Å². The van der Waals surface area contributed by atoms with E-state index in [0.717, 1.165) is 19.5 Å². The first-order chi connectivity index (χ1) is 5.38. The van der Waals surface area contributed by atoms with Gasteiger partial charge in [-0.1, -0.05) is 12.2 Å². The van der Waals surface area contributed by atoms with Crippen molar-refractivity contribution < 1.29 is 5.11 Å². The summed E-state index contributed by atoms with van der Waals surface area (Å²) in [6.45, 7) is 2.09. The number of hydrogen-bond acceptors (Lipinski definition) is 2. The predicted molar refractivity (Wildman–Crippen MR) is 44.4 cm³/mol.